The van der Waals surface area contributed by atoms with E-state index < -0.39 is 0 Å². The molecule has 0 unspecified atom stereocenters. The molecular weight excluding hydrogens is 300 g/mol. The lowest BCUT2D eigenvalue weighted by molar-refractivity contribution is 0.413. The summed E-state index contributed by atoms with van der Waals surface area (Å²) in [6, 6.07) is 9.68. The number of methoxy groups -OCH3 is 1. The molecule has 1 aromatic carbocycles. The van der Waals surface area contributed by atoms with E-state index in [1.165, 1.54) is 0 Å². The predicted octanol–water partition coefficient (Wildman–Crippen LogP) is 3.59. The Morgan fingerprint density at radius 2 is 2.18 bits per heavy atom. The predicted molar refractivity (Wildman–Crippen MR) is 73.5 cm³/mol. The second-order valence-corrected chi connectivity index (χ2v) is 5.25. The van der Waals surface area contributed by atoms with E-state index in [4.69, 9.17) is 10.5 Å². The molecule has 2 rings (SSSR count). The van der Waals surface area contributed by atoms with Gasteiger partial charge in [-0.1, -0.05) is 17.8 Å². The third kappa shape index (κ3) is 3.14. The largest absolute Gasteiger partial charge is 0.497 e. The van der Waals surface area contributed by atoms with Crippen LogP contribution >= 0.6 is 27.7 Å². The molecule has 2 N–H and O–H groups in total. The van der Waals surface area contributed by atoms with E-state index in [1.807, 2.05) is 30.3 Å². The number of anilines is 1. The number of benzene rings is 1. The smallest absolute Gasteiger partial charge is 0.119 e. The fraction of sp³-hybridized carbons (Fsp3) is 0.0833. The van der Waals surface area contributed by atoms with Crippen LogP contribution in [0.4, 0.5) is 5.69 Å². The van der Waals surface area contributed by atoms with Gasteiger partial charge in [0.15, 0.2) is 0 Å². The van der Waals surface area contributed by atoms with Crippen LogP contribution < -0.4 is 10.5 Å². The first-order chi connectivity index (χ1) is 8.19. The Morgan fingerprint density at radius 3 is 2.88 bits per heavy atom. The molecule has 1 aromatic heterocycles. The highest BCUT2D eigenvalue weighted by Gasteiger charge is 2.05. The van der Waals surface area contributed by atoms with Crippen molar-refractivity contribution in [3.8, 4) is 5.75 Å². The minimum atomic E-state index is 0.645. The molecule has 0 spiro atoms. The van der Waals surface area contributed by atoms with Crippen LogP contribution in [0.25, 0.3) is 0 Å². The Balaban J connectivity index is 2.25. The standard InChI is InChI=1S/C12H11BrN2OS/c1-16-9-3-2-4-10(6-9)17-12-11(13)5-8(14)7-15-12/h2-7H,14H2,1H3. The molecule has 0 saturated heterocycles. The van der Waals surface area contributed by atoms with Gasteiger partial charge in [0.25, 0.3) is 0 Å². The summed E-state index contributed by atoms with van der Waals surface area (Å²) in [5.74, 6) is 0.835. The van der Waals surface area contributed by atoms with Crippen molar-refractivity contribution in [1.29, 1.82) is 0 Å². The molecule has 0 radical (unpaired) electrons. The molecule has 17 heavy (non-hydrogen) atoms. The van der Waals surface area contributed by atoms with Gasteiger partial charge in [-0.15, -0.1) is 0 Å². The molecule has 0 bridgehead atoms. The summed E-state index contributed by atoms with van der Waals surface area (Å²) in [6.45, 7) is 0. The molecule has 1 heterocycles. The third-order valence-corrected chi connectivity index (χ3v) is 3.96. The van der Waals surface area contributed by atoms with Gasteiger partial charge < -0.3 is 10.5 Å². The van der Waals surface area contributed by atoms with Crippen LogP contribution in [-0.4, -0.2) is 12.1 Å². The number of nitrogens with two attached hydrogens (primary N) is 1. The van der Waals surface area contributed by atoms with Crippen LogP contribution in [0.2, 0.25) is 0 Å². The van der Waals surface area contributed by atoms with Crippen molar-refractivity contribution in [2.75, 3.05) is 12.8 Å². The summed E-state index contributed by atoms with van der Waals surface area (Å²) in [7, 11) is 1.65. The first kappa shape index (κ1) is 12.3. The van der Waals surface area contributed by atoms with Crippen molar-refractivity contribution in [2.45, 2.75) is 9.92 Å². The van der Waals surface area contributed by atoms with Crippen molar-refractivity contribution in [3.63, 3.8) is 0 Å². The second kappa shape index (κ2) is 5.42. The quantitative estimate of drug-likeness (QED) is 0.941. The van der Waals surface area contributed by atoms with Gasteiger partial charge in [-0.05, 0) is 40.2 Å². The van der Waals surface area contributed by atoms with E-state index in [0.717, 1.165) is 20.1 Å². The molecule has 0 amide bonds. The van der Waals surface area contributed by atoms with Gasteiger partial charge in [0.05, 0.1) is 23.5 Å². The van der Waals surface area contributed by atoms with Crippen LogP contribution in [-0.2, 0) is 0 Å². The maximum Gasteiger partial charge on any atom is 0.119 e. The zero-order chi connectivity index (χ0) is 12.3. The highest BCUT2D eigenvalue weighted by Crippen LogP contribution is 2.33. The lowest BCUT2D eigenvalue weighted by Crippen LogP contribution is -1.89. The topological polar surface area (TPSA) is 48.1 Å². The number of halogens is 1. The summed E-state index contributed by atoms with van der Waals surface area (Å²) >= 11 is 5.00. The molecule has 0 fully saturated rings. The molecule has 3 nitrogen and oxygen atoms in total. The van der Waals surface area contributed by atoms with E-state index in [2.05, 4.69) is 20.9 Å². The van der Waals surface area contributed by atoms with Gasteiger partial charge in [0.2, 0.25) is 0 Å². The number of pyridine rings is 1. The average molecular weight is 311 g/mol. The number of aromatic nitrogens is 1. The van der Waals surface area contributed by atoms with Gasteiger partial charge in [-0.2, -0.15) is 0 Å². The maximum atomic E-state index is 5.64. The number of hydrogen-bond acceptors (Lipinski definition) is 4. The molecule has 5 heteroatoms. The van der Waals surface area contributed by atoms with Gasteiger partial charge in [0, 0.05) is 4.90 Å². The van der Waals surface area contributed by atoms with Crippen LogP contribution in [0, 0.1) is 0 Å². The van der Waals surface area contributed by atoms with E-state index in [-0.39, 0.29) is 0 Å². The zero-order valence-electron chi connectivity index (χ0n) is 9.18. The van der Waals surface area contributed by atoms with Gasteiger partial charge >= 0.3 is 0 Å². The molecule has 2 aromatic rings. The lowest BCUT2D eigenvalue weighted by atomic mass is 10.3. The highest BCUT2D eigenvalue weighted by atomic mass is 79.9. The Morgan fingerprint density at radius 1 is 1.35 bits per heavy atom. The molecule has 88 valence electrons. The van der Waals surface area contributed by atoms with Crippen LogP contribution in [0.3, 0.4) is 0 Å². The fourth-order valence-electron chi connectivity index (χ4n) is 1.29. The van der Waals surface area contributed by atoms with Crippen LogP contribution in [0.5, 0.6) is 5.75 Å². The SMILES string of the molecule is COc1cccc(Sc2ncc(N)cc2Br)c1. The van der Waals surface area contributed by atoms with Gasteiger partial charge in [-0.3, -0.25) is 0 Å². The van der Waals surface area contributed by atoms with Crippen LogP contribution in [0.15, 0.2) is 50.9 Å². The molecule has 0 atom stereocenters. The fourth-order valence-corrected chi connectivity index (χ4v) is 2.71. The zero-order valence-corrected chi connectivity index (χ0v) is 11.6. The monoisotopic (exact) mass is 310 g/mol. The number of ether oxygens (including phenoxy) is 1. The van der Waals surface area contributed by atoms with Crippen molar-refractivity contribution in [1.82, 2.24) is 4.98 Å². The Kier molecular flexibility index (Phi) is 3.91. The molecule has 0 aliphatic carbocycles. The highest BCUT2D eigenvalue weighted by molar-refractivity contribution is 9.10. The van der Waals surface area contributed by atoms with Gasteiger partial charge in [0.1, 0.15) is 10.8 Å². The summed E-state index contributed by atoms with van der Waals surface area (Å²) in [5, 5.41) is 0.882. The number of rotatable bonds is 3. The van der Waals surface area contributed by atoms with E-state index in [0.29, 0.717) is 5.69 Å². The van der Waals surface area contributed by atoms with Crippen molar-refractivity contribution in [2.24, 2.45) is 0 Å². The average Bonchev–Trinajstić information content (AvgIpc) is 2.33. The minimum absolute atomic E-state index is 0.645. The Bertz CT molecular complexity index is 534. The normalized spacial score (nSPS) is 10.2. The van der Waals surface area contributed by atoms with Gasteiger partial charge in [-0.25, -0.2) is 4.98 Å². The summed E-state index contributed by atoms with van der Waals surface area (Å²) < 4.78 is 6.07. The molecule has 0 aliphatic rings. The van der Waals surface area contributed by atoms with E-state index in [1.54, 1.807) is 25.1 Å². The molecule has 0 aliphatic heterocycles. The van der Waals surface area contributed by atoms with Crippen molar-refractivity contribution in [3.05, 3.63) is 41.0 Å². The number of nitrogen functional groups attached to an aromatic ring is 1. The molecular formula is C12H11BrN2OS. The third-order valence-electron chi connectivity index (χ3n) is 2.08. The van der Waals surface area contributed by atoms with E-state index >= 15 is 0 Å². The Labute approximate surface area is 113 Å². The van der Waals surface area contributed by atoms with Crippen molar-refractivity contribution < 1.29 is 4.74 Å². The summed E-state index contributed by atoms with van der Waals surface area (Å²) in [5.41, 5.74) is 6.29. The summed E-state index contributed by atoms with van der Waals surface area (Å²) in [4.78, 5) is 5.35. The van der Waals surface area contributed by atoms with Crippen molar-refractivity contribution >= 4 is 33.4 Å². The number of hydrogen-bond donors (Lipinski definition) is 1. The minimum Gasteiger partial charge on any atom is -0.497 e. The first-order valence-electron chi connectivity index (χ1n) is 4.92. The van der Waals surface area contributed by atoms with Crippen LogP contribution in [0.1, 0.15) is 0 Å². The Hall–Kier alpha value is -1.20. The van der Waals surface area contributed by atoms with E-state index in [9.17, 15) is 0 Å². The lowest BCUT2D eigenvalue weighted by Gasteiger charge is -2.05. The molecule has 0 saturated carbocycles. The number of nitrogens with zero attached hydrogens (tertiary/aromatic N) is 1. The summed E-state index contributed by atoms with van der Waals surface area (Å²) in [6.07, 6.45) is 1.65. The first-order valence-corrected chi connectivity index (χ1v) is 6.53. The maximum absolute atomic E-state index is 5.64. The second-order valence-electron chi connectivity index (χ2n) is 3.34.